The molecule has 1 aromatic carbocycles. The van der Waals surface area contributed by atoms with Crippen LogP contribution >= 0.6 is 0 Å². The van der Waals surface area contributed by atoms with E-state index < -0.39 is 0 Å². The molecule has 1 saturated carbocycles. The number of methoxy groups -OCH3 is 2. The van der Waals surface area contributed by atoms with Crippen LogP contribution in [0.4, 0.5) is 4.79 Å². The zero-order valence-corrected chi connectivity index (χ0v) is 13.4. The summed E-state index contributed by atoms with van der Waals surface area (Å²) in [6.07, 6.45) is 5.61. The molecule has 1 fully saturated rings. The van der Waals surface area contributed by atoms with Gasteiger partial charge >= 0.3 is 6.03 Å². The number of nitrogens with one attached hydrogen (secondary N) is 2. The Morgan fingerprint density at radius 3 is 2.64 bits per heavy atom. The topological polar surface area (TPSA) is 59.6 Å². The molecule has 5 nitrogen and oxygen atoms in total. The largest absolute Gasteiger partial charge is 0.496 e. The number of urea groups is 1. The van der Waals surface area contributed by atoms with Crippen molar-refractivity contribution in [3.05, 3.63) is 29.8 Å². The van der Waals surface area contributed by atoms with Crippen molar-refractivity contribution < 1.29 is 14.3 Å². The van der Waals surface area contributed by atoms with Gasteiger partial charge in [-0.2, -0.15) is 0 Å². The monoisotopic (exact) mass is 306 g/mol. The van der Waals surface area contributed by atoms with E-state index in [-0.39, 0.29) is 12.1 Å². The first kappa shape index (κ1) is 16.6. The minimum atomic E-state index is -0.228. The molecule has 1 aromatic rings. The maximum Gasteiger partial charge on any atom is 0.315 e. The van der Waals surface area contributed by atoms with Gasteiger partial charge in [0.1, 0.15) is 11.9 Å². The third kappa shape index (κ3) is 4.63. The third-order valence-corrected chi connectivity index (χ3v) is 4.16. The van der Waals surface area contributed by atoms with E-state index in [1.165, 1.54) is 19.3 Å². The van der Waals surface area contributed by atoms with Gasteiger partial charge in [0.15, 0.2) is 0 Å². The number of hydrogen-bond acceptors (Lipinski definition) is 3. The summed E-state index contributed by atoms with van der Waals surface area (Å²) in [6, 6.07) is 7.88. The average molecular weight is 306 g/mol. The molecule has 0 bridgehead atoms. The predicted octanol–water partition coefficient (Wildman–Crippen LogP) is 3.01. The second-order valence-corrected chi connectivity index (χ2v) is 5.66. The van der Waals surface area contributed by atoms with Crippen LogP contribution in [0, 0.1) is 0 Å². The predicted molar refractivity (Wildman–Crippen MR) is 86.2 cm³/mol. The van der Waals surface area contributed by atoms with Gasteiger partial charge in [0, 0.05) is 25.3 Å². The molecule has 1 atom stereocenters. The molecule has 1 aliphatic carbocycles. The fourth-order valence-electron chi connectivity index (χ4n) is 2.92. The summed E-state index contributed by atoms with van der Waals surface area (Å²) in [5, 5.41) is 5.94. The Bertz CT molecular complexity index is 473. The van der Waals surface area contributed by atoms with Gasteiger partial charge in [-0.15, -0.1) is 0 Å². The summed E-state index contributed by atoms with van der Waals surface area (Å²) in [7, 11) is 3.27. The summed E-state index contributed by atoms with van der Waals surface area (Å²) in [4.78, 5) is 12.0. The first-order chi connectivity index (χ1) is 10.7. The molecule has 0 aromatic heterocycles. The summed E-state index contributed by atoms with van der Waals surface area (Å²) in [6.45, 7) is 0.412. The molecule has 0 spiro atoms. The van der Waals surface area contributed by atoms with Crippen LogP contribution in [0.3, 0.4) is 0 Å². The van der Waals surface area contributed by atoms with Crippen molar-refractivity contribution in [1.82, 2.24) is 10.6 Å². The molecule has 5 heteroatoms. The summed E-state index contributed by atoms with van der Waals surface area (Å²) < 4.78 is 10.8. The zero-order valence-electron chi connectivity index (χ0n) is 13.4. The quantitative estimate of drug-likeness (QED) is 0.849. The summed E-state index contributed by atoms with van der Waals surface area (Å²) in [5.41, 5.74) is 0.936. The third-order valence-electron chi connectivity index (χ3n) is 4.16. The lowest BCUT2D eigenvalue weighted by atomic mass is 9.96. The molecule has 0 aliphatic heterocycles. The van der Waals surface area contributed by atoms with Crippen LogP contribution in [0.25, 0.3) is 0 Å². The van der Waals surface area contributed by atoms with Gasteiger partial charge in [0.25, 0.3) is 0 Å². The van der Waals surface area contributed by atoms with Crippen molar-refractivity contribution in [3.8, 4) is 5.75 Å². The minimum absolute atomic E-state index is 0.121. The fourth-order valence-corrected chi connectivity index (χ4v) is 2.92. The van der Waals surface area contributed by atoms with E-state index in [1.54, 1.807) is 14.2 Å². The number of carbonyl (C=O) groups excluding carboxylic acids is 1. The van der Waals surface area contributed by atoms with Crippen molar-refractivity contribution in [2.75, 3.05) is 20.8 Å². The van der Waals surface area contributed by atoms with Crippen molar-refractivity contribution in [1.29, 1.82) is 0 Å². The summed E-state index contributed by atoms with van der Waals surface area (Å²) >= 11 is 0. The van der Waals surface area contributed by atoms with Crippen LogP contribution in [0.1, 0.15) is 43.8 Å². The number of benzene rings is 1. The van der Waals surface area contributed by atoms with E-state index >= 15 is 0 Å². The molecule has 0 heterocycles. The van der Waals surface area contributed by atoms with E-state index in [1.807, 2.05) is 24.3 Å². The van der Waals surface area contributed by atoms with Crippen LogP contribution in [0.5, 0.6) is 5.75 Å². The second kappa shape index (κ2) is 8.63. The summed E-state index contributed by atoms with van der Waals surface area (Å²) in [5.74, 6) is 0.767. The van der Waals surface area contributed by atoms with E-state index in [0.29, 0.717) is 12.6 Å². The highest BCUT2D eigenvalue weighted by molar-refractivity contribution is 5.74. The number of para-hydroxylation sites is 1. The number of ether oxygens (including phenoxy) is 2. The van der Waals surface area contributed by atoms with E-state index in [4.69, 9.17) is 9.47 Å². The minimum Gasteiger partial charge on any atom is -0.496 e. The van der Waals surface area contributed by atoms with Gasteiger partial charge < -0.3 is 20.1 Å². The highest BCUT2D eigenvalue weighted by Crippen LogP contribution is 2.26. The van der Waals surface area contributed by atoms with Crippen molar-refractivity contribution in [3.63, 3.8) is 0 Å². The van der Waals surface area contributed by atoms with Crippen molar-refractivity contribution in [2.45, 2.75) is 44.2 Å². The molecule has 22 heavy (non-hydrogen) atoms. The molecule has 1 unspecified atom stereocenters. The Morgan fingerprint density at radius 1 is 1.23 bits per heavy atom. The average Bonchev–Trinajstić information content (AvgIpc) is 2.56. The highest BCUT2D eigenvalue weighted by Gasteiger charge is 2.18. The Kier molecular flexibility index (Phi) is 6.52. The second-order valence-electron chi connectivity index (χ2n) is 5.66. The SMILES string of the molecule is COc1ccccc1C(CNC(=O)NC1CCCCC1)OC. The Hall–Kier alpha value is -1.75. The smallest absolute Gasteiger partial charge is 0.315 e. The van der Waals surface area contributed by atoms with Gasteiger partial charge in [0.05, 0.1) is 7.11 Å². The van der Waals surface area contributed by atoms with Crippen LogP contribution in [-0.2, 0) is 4.74 Å². The van der Waals surface area contributed by atoms with Crippen LogP contribution in [0.15, 0.2) is 24.3 Å². The van der Waals surface area contributed by atoms with Gasteiger partial charge in [-0.3, -0.25) is 0 Å². The number of rotatable bonds is 6. The lowest BCUT2D eigenvalue weighted by Gasteiger charge is -2.24. The normalized spacial score (nSPS) is 16.8. The lowest BCUT2D eigenvalue weighted by molar-refractivity contribution is 0.101. The molecule has 2 N–H and O–H groups in total. The zero-order chi connectivity index (χ0) is 15.8. The molecule has 122 valence electrons. The van der Waals surface area contributed by atoms with Crippen LogP contribution < -0.4 is 15.4 Å². The number of amides is 2. The van der Waals surface area contributed by atoms with Crippen LogP contribution in [-0.4, -0.2) is 32.8 Å². The van der Waals surface area contributed by atoms with E-state index in [2.05, 4.69) is 10.6 Å². The van der Waals surface area contributed by atoms with Gasteiger partial charge in [-0.1, -0.05) is 37.5 Å². The maximum atomic E-state index is 12.0. The highest BCUT2D eigenvalue weighted by atomic mass is 16.5. The van der Waals surface area contributed by atoms with E-state index in [9.17, 15) is 4.79 Å². The Labute approximate surface area is 132 Å². The van der Waals surface area contributed by atoms with Gasteiger partial charge in [0.2, 0.25) is 0 Å². The van der Waals surface area contributed by atoms with Gasteiger partial charge in [-0.25, -0.2) is 4.79 Å². The van der Waals surface area contributed by atoms with Crippen molar-refractivity contribution >= 4 is 6.03 Å². The first-order valence-electron chi connectivity index (χ1n) is 7.94. The Balaban J connectivity index is 1.86. The Morgan fingerprint density at radius 2 is 1.95 bits per heavy atom. The molecular formula is C17H26N2O3. The molecule has 2 amide bonds. The molecular weight excluding hydrogens is 280 g/mol. The molecule has 0 saturated heterocycles. The van der Waals surface area contributed by atoms with E-state index in [0.717, 1.165) is 24.2 Å². The lowest BCUT2D eigenvalue weighted by Crippen LogP contribution is -2.44. The molecule has 2 rings (SSSR count). The number of hydrogen-bond donors (Lipinski definition) is 2. The standard InChI is InChI=1S/C17H26N2O3/c1-21-15-11-7-6-10-14(15)16(22-2)12-18-17(20)19-13-8-4-3-5-9-13/h6-7,10-11,13,16H,3-5,8-9,12H2,1-2H3,(H2,18,19,20). The molecule has 1 aliphatic rings. The molecule has 0 radical (unpaired) electrons. The van der Waals surface area contributed by atoms with Crippen LogP contribution in [0.2, 0.25) is 0 Å². The first-order valence-corrected chi connectivity index (χ1v) is 7.94. The fraction of sp³-hybridized carbons (Fsp3) is 0.588. The number of carbonyl (C=O) groups is 1. The van der Waals surface area contributed by atoms with Crippen molar-refractivity contribution in [2.24, 2.45) is 0 Å². The maximum absolute atomic E-state index is 12.0. The van der Waals surface area contributed by atoms with Gasteiger partial charge in [-0.05, 0) is 18.9 Å².